The van der Waals surface area contributed by atoms with Gasteiger partial charge in [-0.1, -0.05) is 50.3 Å². The molecule has 0 aromatic heterocycles. The Labute approximate surface area is 165 Å². The number of hydrogen-bond donors (Lipinski definition) is 3. The summed E-state index contributed by atoms with van der Waals surface area (Å²) in [5.74, 6) is -2.07. The molecule has 0 unspecified atom stereocenters. The third kappa shape index (κ3) is 5.60. The molecule has 2 rings (SSSR count). The molecule has 2 N–H and O–H groups in total. The van der Waals surface area contributed by atoms with Gasteiger partial charge in [-0.3, -0.25) is 9.59 Å². The van der Waals surface area contributed by atoms with E-state index in [4.69, 9.17) is 0 Å². The van der Waals surface area contributed by atoms with Crippen molar-refractivity contribution < 1.29 is 19.5 Å². The molecule has 27 heavy (non-hydrogen) atoms. The number of aliphatic carboxylic acids is 1. The van der Waals surface area contributed by atoms with Crippen LogP contribution in [0.1, 0.15) is 32.3 Å². The average molecular weight is 391 g/mol. The summed E-state index contributed by atoms with van der Waals surface area (Å²) in [5.41, 5.74) is 0.980. The predicted molar refractivity (Wildman–Crippen MR) is 106 cm³/mol. The number of nitrogens with one attached hydrogen (secondary N) is 1. The number of allylic oxidation sites excluding steroid dienone is 1. The van der Waals surface area contributed by atoms with Gasteiger partial charge in [-0.05, 0) is 30.7 Å². The van der Waals surface area contributed by atoms with Crippen molar-refractivity contribution in [3.05, 3.63) is 48.2 Å². The number of carboxylic acid groups (broad SMARTS) is 1. The molecular formula is C20H26N2O4S. The number of carboxylic acids is 1. The summed E-state index contributed by atoms with van der Waals surface area (Å²) in [7, 11) is 0. The normalized spacial score (nSPS) is 19.5. The highest BCUT2D eigenvalue weighted by Crippen LogP contribution is 2.19. The van der Waals surface area contributed by atoms with E-state index < -0.39 is 29.2 Å². The Kier molecular flexibility index (Phi) is 7.47. The molecule has 0 bridgehead atoms. The number of benzene rings is 1. The molecule has 0 saturated heterocycles. The maximum Gasteiger partial charge on any atom is 0.327 e. The van der Waals surface area contributed by atoms with E-state index in [1.807, 2.05) is 30.3 Å². The molecule has 1 aliphatic heterocycles. The summed E-state index contributed by atoms with van der Waals surface area (Å²) in [4.78, 5) is 38.2. The van der Waals surface area contributed by atoms with E-state index in [2.05, 4.69) is 17.9 Å². The lowest BCUT2D eigenvalue weighted by molar-refractivity contribution is -0.150. The summed E-state index contributed by atoms with van der Waals surface area (Å²) in [5, 5.41) is 11.7. The zero-order valence-electron chi connectivity index (χ0n) is 15.5. The van der Waals surface area contributed by atoms with Crippen LogP contribution in [0.15, 0.2) is 42.6 Å². The first-order valence-electron chi connectivity index (χ1n) is 9.05. The first-order chi connectivity index (χ1) is 12.8. The van der Waals surface area contributed by atoms with Gasteiger partial charge in [0.05, 0.1) is 5.25 Å². The van der Waals surface area contributed by atoms with Crippen LogP contribution in [0, 0.1) is 5.92 Å². The lowest BCUT2D eigenvalue weighted by Crippen LogP contribution is -2.53. The van der Waals surface area contributed by atoms with Gasteiger partial charge < -0.3 is 15.3 Å². The highest BCUT2D eigenvalue weighted by Gasteiger charge is 2.36. The van der Waals surface area contributed by atoms with Gasteiger partial charge >= 0.3 is 5.97 Å². The van der Waals surface area contributed by atoms with E-state index in [-0.39, 0.29) is 11.8 Å². The van der Waals surface area contributed by atoms with Crippen LogP contribution in [0.25, 0.3) is 0 Å². The fraction of sp³-hybridized carbons (Fsp3) is 0.450. The smallest absolute Gasteiger partial charge is 0.327 e. The Morgan fingerprint density at radius 3 is 2.56 bits per heavy atom. The molecule has 1 aliphatic rings. The van der Waals surface area contributed by atoms with Crippen LogP contribution in [0.3, 0.4) is 0 Å². The van der Waals surface area contributed by atoms with Gasteiger partial charge in [-0.15, -0.1) is 0 Å². The first kappa shape index (κ1) is 21.0. The van der Waals surface area contributed by atoms with Crippen molar-refractivity contribution in [1.29, 1.82) is 0 Å². The number of nitrogens with zero attached hydrogens (tertiary/aromatic N) is 1. The number of carbonyl (C=O) groups is 3. The van der Waals surface area contributed by atoms with Gasteiger partial charge in [-0.2, -0.15) is 12.6 Å². The molecule has 0 saturated carbocycles. The van der Waals surface area contributed by atoms with E-state index >= 15 is 0 Å². The minimum absolute atomic E-state index is 0.263. The maximum absolute atomic E-state index is 12.9. The number of amides is 2. The molecule has 1 heterocycles. The Morgan fingerprint density at radius 2 is 1.96 bits per heavy atom. The highest BCUT2D eigenvalue weighted by atomic mass is 32.1. The monoisotopic (exact) mass is 390 g/mol. The minimum atomic E-state index is -1.06. The second-order valence-corrected chi connectivity index (χ2v) is 7.62. The predicted octanol–water partition coefficient (Wildman–Crippen LogP) is 2.26. The van der Waals surface area contributed by atoms with Crippen molar-refractivity contribution in [3.63, 3.8) is 0 Å². The summed E-state index contributed by atoms with van der Waals surface area (Å²) in [6.07, 6.45) is 4.74. The van der Waals surface area contributed by atoms with E-state index in [0.29, 0.717) is 19.3 Å². The van der Waals surface area contributed by atoms with E-state index in [0.717, 1.165) is 5.56 Å². The van der Waals surface area contributed by atoms with Crippen LogP contribution >= 0.6 is 12.6 Å². The van der Waals surface area contributed by atoms with Crippen molar-refractivity contribution in [1.82, 2.24) is 10.2 Å². The van der Waals surface area contributed by atoms with E-state index in [9.17, 15) is 19.5 Å². The van der Waals surface area contributed by atoms with Crippen molar-refractivity contribution in [2.45, 2.75) is 50.4 Å². The summed E-state index contributed by atoms with van der Waals surface area (Å²) < 4.78 is 0. The molecule has 1 aromatic rings. The topological polar surface area (TPSA) is 86.7 Å². The van der Waals surface area contributed by atoms with Gasteiger partial charge in [-0.25, -0.2) is 4.79 Å². The van der Waals surface area contributed by atoms with Crippen LogP contribution in [0.2, 0.25) is 0 Å². The minimum Gasteiger partial charge on any atom is -0.480 e. The van der Waals surface area contributed by atoms with E-state index in [1.54, 1.807) is 19.9 Å². The molecule has 146 valence electrons. The summed E-state index contributed by atoms with van der Waals surface area (Å²) in [6.45, 7) is 3.50. The number of rotatable bonds is 7. The SMILES string of the molecule is CC(C)[C@@H](C(=O)O)N1C=CCC[C@@H](NC(=O)[C@H](S)Cc2ccccc2)C1=O. The van der Waals surface area contributed by atoms with Crippen LogP contribution < -0.4 is 5.32 Å². The van der Waals surface area contributed by atoms with Crippen LogP contribution in [-0.4, -0.2) is 45.1 Å². The van der Waals surface area contributed by atoms with Crippen molar-refractivity contribution in [2.24, 2.45) is 5.92 Å². The Bertz CT molecular complexity index is 705. The first-order valence-corrected chi connectivity index (χ1v) is 9.57. The van der Waals surface area contributed by atoms with Gasteiger partial charge in [0.15, 0.2) is 0 Å². The van der Waals surface area contributed by atoms with E-state index in [1.165, 1.54) is 11.1 Å². The van der Waals surface area contributed by atoms with Crippen LogP contribution in [0.4, 0.5) is 0 Å². The molecular weight excluding hydrogens is 364 g/mol. The highest BCUT2D eigenvalue weighted by molar-refractivity contribution is 7.81. The molecule has 0 spiro atoms. The quantitative estimate of drug-likeness (QED) is 0.624. The third-order valence-corrected chi connectivity index (χ3v) is 4.93. The Balaban J connectivity index is 2.07. The standard InChI is InChI=1S/C20H26N2O4S/c1-13(2)17(20(25)26)22-11-7-6-10-15(19(22)24)21-18(23)16(27)12-14-8-4-3-5-9-14/h3-5,7-9,11,13,15-17,27H,6,10,12H2,1-2H3,(H,21,23)(H,25,26)/t15-,16-,17+/m1/s1. The van der Waals surface area contributed by atoms with Gasteiger partial charge in [0.2, 0.25) is 11.8 Å². The molecule has 7 heteroatoms. The fourth-order valence-electron chi connectivity index (χ4n) is 3.11. The van der Waals surface area contributed by atoms with Crippen LogP contribution in [-0.2, 0) is 20.8 Å². The maximum atomic E-state index is 12.9. The molecule has 0 radical (unpaired) electrons. The fourth-order valence-corrected chi connectivity index (χ4v) is 3.40. The van der Waals surface area contributed by atoms with Crippen LogP contribution in [0.5, 0.6) is 0 Å². The molecule has 6 nitrogen and oxygen atoms in total. The van der Waals surface area contributed by atoms with Crippen molar-refractivity contribution in [2.75, 3.05) is 0 Å². The second-order valence-electron chi connectivity index (χ2n) is 7.00. The molecule has 1 aromatic carbocycles. The lowest BCUT2D eigenvalue weighted by Gasteiger charge is -2.30. The van der Waals surface area contributed by atoms with Crippen molar-refractivity contribution in [3.8, 4) is 0 Å². The zero-order chi connectivity index (χ0) is 20.0. The number of hydrogen-bond acceptors (Lipinski definition) is 4. The molecule has 3 atom stereocenters. The molecule has 0 aliphatic carbocycles. The van der Waals surface area contributed by atoms with Gasteiger partial charge in [0.25, 0.3) is 0 Å². The summed E-state index contributed by atoms with van der Waals surface area (Å²) in [6, 6.07) is 7.78. The number of carbonyl (C=O) groups excluding carboxylic acids is 2. The second kappa shape index (κ2) is 9.60. The molecule has 2 amide bonds. The lowest BCUT2D eigenvalue weighted by atomic mass is 10.0. The average Bonchev–Trinajstić information content (AvgIpc) is 2.78. The molecule has 0 fully saturated rings. The summed E-state index contributed by atoms with van der Waals surface area (Å²) >= 11 is 4.37. The Morgan fingerprint density at radius 1 is 1.30 bits per heavy atom. The zero-order valence-corrected chi connectivity index (χ0v) is 16.4. The Hall–Kier alpha value is -2.28. The van der Waals surface area contributed by atoms with Gasteiger partial charge in [0, 0.05) is 6.20 Å². The third-order valence-electron chi connectivity index (χ3n) is 4.52. The number of thiol groups is 1. The largest absolute Gasteiger partial charge is 0.480 e. The van der Waals surface area contributed by atoms with Gasteiger partial charge in [0.1, 0.15) is 12.1 Å². The van der Waals surface area contributed by atoms with Crippen molar-refractivity contribution >= 4 is 30.4 Å².